The number of nitrogens with two attached hydrogens (primary N) is 1. The molecule has 0 radical (unpaired) electrons. The van der Waals surface area contributed by atoms with Crippen molar-refractivity contribution in [3.05, 3.63) is 75.6 Å². The lowest BCUT2D eigenvalue weighted by atomic mass is 9.82. The Kier molecular flexibility index (Phi) is 4.62. The molecule has 0 aromatic heterocycles. The molecule has 0 aliphatic carbocycles. The molecule has 4 rings (SSSR count). The minimum Gasteiger partial charge on any atom is -0.493 e. The highest BCUT2D eigenvalue weighted by Crippen LogP contribution is 2.48. The Morgan fingerprint density at radius 3 is 2.61 bits per heavy atom. The molecule has 3 aromatic rings. The zero-order valence-corrected chi connectivity index (χ0v) is 16.9. The van der Waals surface area contributed by atoms with Gasteiger partial charge in [0.2, 0.25) is 5.88 Å². The smallest absolute Gasteiger partial charge is 0.205 e. The summed E-state index contributed by atoms with van der Waals surface area (Å²) in [7, 11) is 3.16. The lowest BCUT2D eigenvalue weighted by molar-refractivity contribution is 0.352. The van der Waals surface area contributed by atoms with E-state index in [1.54, 1.807) is 14.2 Å². The Morgan fingerprint density at radius 1 is 1.11 bits per heavy atom. The molecule has 0 amide bonds. The first-order valence-corrected chi connectivity index (χ1v) is 9.39. The van der Waals surface area contributed by atoms with Gasteiger partial charge < -0.3 is 19.9 Å². The van der Waals surface area contributed by atoms with Crippen LogP contribution in [0.4, 0.5) is 0 Å². The van der Waals surface area contributed by atoms with Gasteiger partial charge in [-0.15, -0.1) is 0 Å². The fraction of sp³-hybridized carbons (Fsp3) is 0.136. The summed E-state index contributed by atoms with van der Waals surface area (Å²) in [6.07, 6.45) is 0. The third-order valence-electron chi connectivity index (χ3n) is 4.90. The van der Waals surface area contributed by atoms with Crippen LogP contribution in [0.2, 0.25) is 0 Å². The third kappa shape index (κ3) is 2.76. The van der Waals surface area contributed by atoms with Gasteiger partial charge in [-0.05, 0) is 39.0 Å². The summed E-state index contributed by atoms with van der Waals surface area (Å²) >= 11 is 3.54. The van der Waals surface area contributed by atoms with Gasteiger partial charge in [0.25, 0.3) is 0 Å². The first-order valence-electron chi connectivity index (χ1n) is 8.59. The lowest BCUT2D eigenvalue weighted by Gasteiger charge is -2.28. The van der Waals surface area contributed by atoms with Crippen molar-refractivity contribution in [1.82, 2.24) is 0 Å². The molecule has 0 bridgehead atoms. The molecule has 1 heterocycles. The van der Waals surface area contributed by atoms with Crippen LogP contribution in [0.3, 0.4) is 0 Å². The van der Waals surface area contributed by atoms with Crippen LogP contribution in [-0.2, 0) is 0 Å². The fourth-order valence-corrected chi connectivity index (χ4v) is 4.26. The summed E-state index contributed by atoms with van der Waals surface area (Å²) in [6.45, 7) is 0. The normalized spacial score (nSPS) is 15.6. The number of allylic oxidation sites excluding steroid dienone is 1. The van der Waals surface area contributed by atoms with Gasteiger partial charge in [-0.25, -0.2) is 0 Å². The summed E-state index contributed by atoms with van der Waals surface area (Å²) in [5.41, 5.74) is 8.25. The van der Waals surface area contributed by atoms with Crippen molar-refractivity contribution in [2.75, 3.05) is 14.2 Å². The number of hydrogen-bond acceptors (Lipinski definition) is 5. The molecule has 1 atom stereocenters. The Balaban J connectivity index is 2.00. The average Bonchev–Trinajstić information content (AvgIpc) is 2.72. The second-order valence-electron chi connectivity index (χ2n) is 6.37. The van der Waals surface area contributed by atoms with E-state index in [9.17, 15) is 5.26 Å². The summed E-state index contributed by atoms with van der Waals surface area (Å²) in [5, 5.41) is 11.8. The van der Waals surface area contributed by atoms with Crippen LogP contribution in [0.5, 0.6) is 17.2 Å². The molecular weight excluding hydrogens is 420 g/mol. The molecule has 28 heavy (non-hydrogen) atoms. The number of nitrogens with zero attached hydrogens (tertiary/aromatic N) is 1. The van der Waals surface area contributed by atoms with Gasteiger partial charge in [0.05, 0.1) is 24.6 Å². The van der Waals surface area contributed by atoms with Crippen LogP contribution < -0.4 is 19.9 Å². The molecule has 3 aromatic carbocycles. The van der Waals surface area contributed by atoms with Crippen LogP contribution in [0.25, 0.3) is 10.8 Å². The summed E-state index contributed by atoms with van der Waals surface area (Å²) < 4.78 is 17.5. The zero-order valence-electron chi connectivity index (χ0n) is 15.3. The highest BCUT2D eigenvalue weighted by molar-refractivity contribution is 9.10. The molecule has 6 heteroatoms. The maximum Gasteiger partial charge on any atom is 0.205 e. The molecule has 0 saturated carbocycles. The first-order chi connectivity index (χ1) is 13.6. The van der Waals surface area contributed by atoms with Gasteiger partial charge in [-0.2, -0.15) is 5.26 Å². The Morgan fingerprint density at radius 2 is 1.89 bits per heavy atom. The quantitative estimate of drug-likeness (QED) is 0.635. The standard InChI is InChI=1S/C22H17BrN2O3/c1-26-18-10-13(9-17(23)21(18)27-2)19-15-8-7-12-5-3-4-6-14(12)20(15)28-22(25)16(19)11-24/h3-10,19H,25H2,1-2H3/t19-/m1/s1. The number of methoxy groups -OCH3 is 2. The minimum absolute atomic E-state index is 0.113. The second-order valence-corrected chi connectivity index (χ2v) is 7.22. The maximum absolute atomic E-state index is 9.79. The van der Waals surface area contributed by atoms with Crippen LogP contribution in [0, 0.1) is 11.3 Å². The fourth-order valence-electron chi connectivity index (χ4n) is 3.63. The van der Waals surface area contributed by atoms with Crippen molar-refractivity contribution in [2.24, 2.45) is 5.73 Å². The van der Waals surface area contributed by atoms with Gasteiger partial charge in [-0.1, -0.05) is 36.4 Å². The summed E-state index contributed by atoms with van der Waals surface area (Å²) in [4.78, 5) is 0. The molecule has 0 unspecified atom stereocenters. The van der Waals surface area contributed by atoms with Gasteiger partial charge in [-0.3, -0.25) is 0 Å². The minimum atomic E-state index is -0.380. The zero-order chi connectivity index (χ0) is 19.8. The average molecular weight is 437 g/mol. The van der Waals surface area contributed by atoms with Crippen LogP contribution in [0.15, 0.2) is 64.5 Å². The predicted octanol–water partition coefficient (Wildman–Crippen LogP) is 4.84. The van der Waals surface area contributed by atoms with Gasteiger partial charge in [0.1, 0.15) is 17.4 Å². The number of halogens is 1. The molecule has 5 nitrogen and oxygen atoms in total. The Labute approximate surface area is 171 Å². The maximum atomic E-state index is 9.79. The summed E-state index contributed by atoms with van der Waals surface area (Å²) in [5.74, 6) is 1.56. The van der Waals surface area contributed by atoms with E-state index in [2.05, 4.69) is 22.0 Å². The van der Waals surface area contributed by atoms with Gasteiger partial charge >= 0.3 is 0 Å². The molecular formula is C22H17BrN2O3. The molecule has 0 saturated heterocycles. The lowest BCUT2D eigenvalue weighted by Crippen LogP contribution is -2.21. The monoisotopic (exact) mass is 436 g/mol. The topological polar surface area (TPSA) is 77.5 Å². The van der Waals surface area contributed by atoms with E-state index in [-0.39, 0.29) is 11.8 Å². The molecule has 0 fully saturated rings. The SMILES string of the molecule is COc1cc([C@H]2C(C#N)=C(N)Oc3c2ccc2ccccc32)cc(Br)c1OC. The van der Waals surface area contributed by atoms with E-state index in [1.807, 2.05) is 48.5 Å². The van der Waals surface area contributed by atoms with Crippen molar-refractivity contribution in [3.8, 4) is 23.3 Å². The largest absolute Gasteiger partial charge is 0.493 e. The molecule has 1 aliphatic heterocycles. The van der Waals surface area contributed by atoms with Crippen LogP contribution in [-0.4, -0.2) is 14.2 Å². The van der Waals surface area contributed by atoms with Crippen molar-refractivity contribution < 1.29 is 14.2 Å². The number of benzene rings is 3. The van der Waals surface area contributed by atoms with E-state index in [1.165, 1.54) is 0 Å². The number of ether oxygens (including phenoxy) is 3. The highest BCUT2D eigenvalue weighted by atomic mass is 79.9. The molecule has 2 N–H and O–H groups in total. The third-order valence-corrected chi connectivity index (χ3v) is 5.49. The highest BCUT2D eigenvalue weighted by Gasteiger charge is 2.32. The Bertz CT molecular complexity index is 1160. The van der Waals surface area contributed by atoms with E-state index in [0.29, 0.717) is 22.8 Å². The van der Waals surface area contributed by atoms with Gasteiger partial charge in [0.15, 0.2) is 11.5 Å². The molecule has 1 aliphatic rings. The Hall–Kier alpha value is -3.17. The van der Waals surface area contributed by atoms with Crippen LogP contribution in [0.1, 0.15) is 17.0 Å². The predicted molar refractivity (Wildman–Crippen MR) is 110 cm³/mol. The van der Waals surface area contributed by atoms with Gasteiger partial charge in [0, 0.05) is 10.9 Å². The number of hydrogen-bond donors (Lipinski definition) is 1. The molecule has 140 valence electrons. The molecule has 0 spiro atoms. The van der Waals surface area contributed by atoms with Crippen molar-refractivity contribution in [3.63, 3.8) is 0 Å². The van der Waals surface area contributed by atoms with Crippen molar-refractivity contribution in [2.45, 2.75) is 5.92 Å². The summed E-state index contributed by atoms with van der Waals surface area (Å²) in [6, 6.07) is 17.9. The first kappa shape index (κ1) is 18.2. The van der Waals surface area contributed by atoms with E-state index in [0.717, 1.165) is 26.4 Å². The van der Waals surface area contributed by atoms with E-state index < -0.39 is 0 Å². The van der Waals surface area contributed by atoms with Crippen molar-refractivity contribution >= 4 is 26.7 Å². The van der Waals surface area contributed by atoms with E-state index in [4.69, 9.17) is 19.9 Å². The number of fused-ring (bicyclic) bond motifs is 3. The number of nitriles is 1. The number of rotatable bonds is 3. The van der Waals surface area contributed by atoms with Crippen molar-refractivity contribution in [1.29, 1.82) is 5.26 Å². The second kappa shape index (κ2) is 7.10. The van der Waals surface area contributed by atoms with E-state index >= 15 is 0 Å². The van der Waals surface area contributed by atoms with Crippen LogP contribution >= 0.6 is 15.9 Å².